The SMILES string of the molecule is CC(C)(C)c1nc2ccc(Br)cc2c(=O)n1N=Cc1cccc(OCc2ccccc2C#N)c1. The summed E-state index contributed by atoms with van der Waals surface area (Å²) >= 11 is 3.43. The average molecular weight is 515 g/mol. The maximum absolute atomic E-state index is 13.3. The highest BCUT2D eigenvalue weighted by Crippen LogP contribution is 2.23. The van der Waals surface area contributed by atoms with Gasteiger partial charge in [0.1, 0.15) is 18.2 Å². The van der Waals surface area contributed by atoms with Gasteiger partial charge in [-0.25, -0.2) is 4.98 Å². The van der Waals surface area contributed by atoms with Crippen molar-refractivity contribution in [3.05, 3.63) is 104 Å². The number of benzene rings is 3. The first kappa shape index (κ1) is 23.4. The molecule has 0 amide bonds. The maximum atomic E-state index is 13.3. The molecule has 1 heterocycles. The molecule has 0 unspecified atom stereocenters. The summed E-state index contributed by atoms with van der Waals surface area (Å²) in [6, 6.07) is 22.4. The van der Waals surface area contributed by atoms with Gasteiger partial charge in [0.25, 0.3) is 5.56 Å². The van der Waals surface area contributed by atoms with E-state index in [4.69, 9.17) is 9.72 Å². The normalized spacial score (nSPS) is 11.6. The van der Waals surface area contributed by atoms with E-state index in [0.717, 1.165) is 15.6 Å². The first-order valence-electron chi connectivity index (χ1n) is 10.7. The smallest absolute Gasteiger partial charge is 0.282 e. The molecule has 6 nitrogen and oxygen atoms in total. The Bertz CT molecular complexity index is 1490. The molecule has 7 heteroatoms. The molecule has 3 aromatic carbocycles. The van der Waals surface area contributed by atoms with E-state index >= 15 is 0 Å². The van der Waals surface area contributed by atoms with Crippen LogP contribution in [0.15, 0.2) is 81.1 Å². The van der Waals surface area contributed by atoms with Crippen LogP contribution in [0.3, 0.4) is 0 Å². The van der Waals surface area contributed by atoms with Crippen LogP contribution >= 0.6 is 15.9 Å². The fourth-order valence-electron chi connectivity index (χ4n) is 3.47. The van der Waals surface area contributed by atoms with Crippen molar-refractivity contribution in [2.24, 2.45) is 5.10 Å². The summed E-state index contributed by atoms with van der Waals surface area (Å²) in [5.41, 5.74) is 2.19. The third-order valence-electron chi connectivity index (χ3n) is 5.19. The van der Waals surface area contributed by atoms with Crippen LogP contribution in [0, 0.1) is 11.3 Å². The fraction of sp³-hybridized carbons (Fsp3) is 0.185. The molecular weight excluding hydrogens is 492 g/mol. The molecule has 0 N–H and O–H groups in total. The molecule has 0 aliphatic rings. The van der Waals surface area contributed by atoms with Crippen molar-refractivity contribution in [2.45, 2.75) is 32.8 Å². The highest BCUT2D eigenvalue weighted by Gasteiger charge is 2.22. The molecule has 1 aromatic heterocycles. The van der Waals surface area contributed by atoms with Crippen molar-refractivity contribution >= 4 is 33.0 Å². The van der Waals surface area contributed by atoms with Crippen LogP contribution in [0.2, 0.25) is 0 Å². The Labute approximate surface area is 206 Å². The lowest BCUT2D eigenvalue weighted by Crippen LogP contribution is -2.29. The lowest BCUT2D eigenvalue weighted by Gasteiger charge is -2.20. The molecule has 0 aliphatic carbocycles. The molecule has 4 rings (SSSR count). The van der Waals surface area contributed by atoms with E-state index in [-0.39, 0.29) is 12.2 Å². The summed E-state index contributed by atoms with van der Waals surface area (Å²) < 4.78 is 8.07. The molecule has 170 valence electrons. The van der Waals surface area contributed by atoms with Crippen molar-refractivity contribution in [1.82, 2.24) is 9.66 Å². The summed E-state index contributed by atoms with van der Waals surface area (Å²) in [5, 5.41) is 14.3. The van der Waals surface area contributed by atoms with Crippen LogP contribution in [-0.2, 0) is 12.0 Å². The molecule has 4 aromatic rings. The Morgan fingerprint density at radius 3 is 2.68 bits per heavy atom. The zero-order chi connectivity index (χ0) is 24.3. The summed E-state index contributed by atoms with van der Waals surface area (Å²) in [5.74, 6) is 1.21. The van der Waals surface area contributed by atoms with Gasteiger partial charge in [-0.1, -0.05) is 67.0 Å². The van der Waals surface area contributed by atoms with Gasteiger partial charge in [0.15, 0.2) is 0 Å². The number of aromatic nitrogens is 2. The molecular formula is C27H23BrN4O2. The number of nitrogens with zero attached hydrogens (tertiary/aromatic N) is 4. The van der Waals surface area contributed by atoms with E-state index in [0.29, 0.717) is 28.0 Å². The summed E-state index contributed by atoms with van der Waals surface area (Å²) in [6.07, 6.45) is 1.62. The standard InChI is InChI=1S/C27H23BrN4O2/c1-27(2,3)26-31-24-12-11-21(28)14-23(24)25(33)32(26)30-16-18-7-6-10-22(13-18)34-17-20-9-5-4-8-19(20)15-29/h4-14,16H,17H2,1-3H3. The minimum absolute atomic E-state index is 0.229. The zero-order valence-electron chi connectivity index (χ0n) is 19.1. The lowest BCUT2D eigenvalue weighted by atomic mass is 9.95. The number of fused-ring (bicyclic) bond motifs is 1. The second kappa shape index (κ2) is 9.62. The van der Waals surface area contributed by atoms with E-state index in [9.17, 15) is 10.1 Å². The van der Waals surface area contributed by atoms with Gasteiger partial charge in [0, 0.05) is 15.5 Å². The van der Waals surface area contributed by atoms with Gasteiger partial charge >= 0.3 is 0 Å². The van der Waals surface area contributed by atoms with Gasteiger partial charge in [-0.3, -0.25) is 4.79 Å². The highest BCUT2D eigenvalue weighted by molar-refractivity contribution is 9.10. The Kier molecular flexibility index (Phi) is 6.62. The molecule has 34 heavy (non-hydrogen) atoms. The van der Waals surface area contributed by atoms with Crippen LogP contribution in [0.4, 0.5) is 0 Å². The summed E-state index contributed by atoms with van der Waals surface area (Å²) in [7, 11) is 0. The van der Waals surface area contributed by atoms with Crippen LogP contribution in [0.25, 0.3) is 10.9 Å². The van der Waals surface area contributed by atoms with E-state index in [1.807, 2.05) is 75.4 Å². The molecule has 0 aliphatic heterocycles. The Balaban J connectivity index is 1.66. The van der Waals surface area contributed by atoms with Crippen LogP contribution in [0.1, 0.15) is 43.3 Å². The number of hydrogen-bond acceptors (Lipinski definition) is 5. The van der Waals surface area contributed by atoms with Gasteiger partial charge in [0.05, 0.1) is 28.8 Å². The monoisotopic (exact) mass is 514 g/mol. The van der Waals surface area contributed by atoms with Gasteiger partial charge in [0.2, 0.25) is 0 Å². The zero-order valence-corrected chi connectivity index (χ0v) is 20.7. The molecule has 0 saturated carbocycles. The van der Waals surface area contributed by atoms with Gasteiger partial charge in [-0.15, -0.1) is 0 Å². The Morgan fingerprint density at radius 1 is 1.12 bits per heavy atom. The van der Waals surface area contributed by atoms with E-state index < -0.39 is 5.41 Å². The summed E-state index contributed by atoms with van der Waals surface area (Å²) in [4.78, 5) is 18.0. The van der Waals surface area contributed by atoms with Crippen LogP contribution < -0.4 is 10.3 Å². The van der Waals surface area contributed by atoms with Crippen molar-refractivity contribution in [3.63, 3.8) is 0 Å². The van der Waals surface area contributed by atoms with Crippen LogP contribution in [-0.4, -0.2) is 15.9 Å². The van der Waals surface area contributed by atoms with Crippen molar-refractivity contribution in [2.75, 3.05) is 0 Å². The number of halogens is 1. The predicted molar refractivity (Wildman–Crippen MR) is 137 cm³/mol. The molecule has 0 saturated heterocycles. The van der Waals surface area contributed by atoms with Crippen molar-refractivity contribution in [3.8, 4) is 11.8 Å². The largest absolute Gasteiger partial charge is 0.489 e. The van der Waals surface area contributed by atoms with E-state index in [1.54, 1.807) is 18.3 Å². The topological polar surface area (TPSA) is 80.3 Å². The van der Waals surface area contributed by atoms with E-state index in [1.165, 1.54) is 4.68 Å². The fourth-order valence-corrected chi connectivity index (χ4v) is 3.83. The Morgan fingerprint density at radius 2 is 1.91 bits per heavy atom. The number of ether oxygens (including phenoxy) is 1. The highest BCUT2D eigenvalue weighted by atomic mass is 79.9. The molecule has 0 atom stereocenters. The predicted octanol–water partition coefficient (Wildman–Crippen LogP) is 5.79. The molecule has 0 spiro atoms. The number of hydrogen-bond donors (Lipinski definition) is 0. The number of rotatable bonds is 5. The molecule has 0 fully saturated rings. The first-order valence-corrected chi connectivity index (χ1v) is 11.5. The van der Waals surface area contributed by atoms with Crippen LogP contribution in [0.5, 0.6) is 5.75 Å². The lowest BCUT2D eigenvalue weighted by molar-refractivity contribution is 0.306. The molecule has 0 bridgehead atoms. The Hall–Kier alpha value is -3.76. The van der Waals surface area contributed by atoms with Crippen molar-refractivity contribution in [1.29, 1.82) is 5.26 Å². The summed E-state index contributed by atoms with van der Waals surface area (Å²) in [6.45, 7) is 6.28. The second-order valence-corrected chi connectivity index (χ2v) is 9.75. The quantitative estimate of drug-likeness (QED) is 0.315. The average Bonchev–Trinajstić information content (AvgIpc) is 2.82. The minimum Gasteiger partial charge on any atom is -0.489 e. The number of nitriles is 1. The maximum Gasteiger partial charge on any atom is 0.282 e. The first-order chi connectivity index (χ1) is 16.3. The van der Waals surface area contributed by atoms with E-state index in [2.05, 4.69) is 27.1 Å². The second-order valence-electron chi connectivity index (χ2n) is 8.84. The third-order valence-corrected chi connectivity index (χ3v) is 5.68. The van der Waals surface area contributed by atoms with Crippen molar-refractivity contribution < 1.29 is 4.74 Å². The van der Waals surface area contributed by atoms with Gasteiger partial charge in [-0.05, 0) is 42.0 Å². The van der Waals surface area contributed by atoms with Gasteiger partial charge in [-0.2, -0.15) is 15.0 Å². The minimum atomic E-state index is -0.392. The molecule has 0 radical (unpaired) electrons. The van der Waals surface area contributed by atoms with Gasteiger partial charge < -0.3 is 4.74 Å². The third kappa shape index (κ3) is 5.08.